The van der Waals surface area contributed by atoms with Gasteiger partial charge in [-0.1, -0.05) is 11.6 Å². The number of azo groups is 1. The van der Waals surface area contributed by atoms with Crippen molar-refractivity contribution >= 4 is 23.2 Å². The maximum absolute atomic E-state index is 10.9. The Bertz CT molecular complexity index is 359. The van der Waals surface area contributed by atoms with E-state index in [2.05, 4.69) is 10.2 Å². The number of carbonyl (C=O) groups excluding carboxylic acids is 1. The monoisotopic (exact) mass is 166 g/mol. The SMILES string of the molecule is O=C1N=Nc2ccc(Cl)cc21. The Hall–Kier alpha value is -1.22. The second-order valence-electron chi connectivity index (χ2n) is 2.17. The normalized spacial score (nSPS) is 13.7. The van der Waals surface area contributed by atoms with Crippen molar-refractivity contribution in [3.05, 3.63) is 28.8 Å². The van der Waals surface area contributed by atoms with Crippen molar-refractivity contribution in [2.24, 2.45) is 10.2 Å². The van der Waals surface area contributed by atoms with Crippen molar-refractivity contribution in [3.8, 4) is 0 Å². The van der Waals surface area contributed by atoms with Gasteiger partial charge in [-0.15, -0.1) is 10.2 Å². The third-order valence-electron chi connectivity index (χ3n) is 1.44. The minimum atomic E-state index is -0.317. The average molecular weight is 167 g/mol. The lowest BCUT2D eigenvalue weighted by Crippen LogP contribution is -1.87. The van der Waals surface area contributed by atoms with Gasteiger partial charge in [-0.2, -0.15) is 0 Å². The summed E-state index contributed by atoms with van der Waals surface area (Å²) in [5, 5.41) is 7.54. The summed E-state index contributed by atoms with van der Waals surface area (Å²) in [6.45, 7) is 0. The summed E-state index contributed by atoms with van der Waals surface area (Å²) in [6, 6.07) is 4.92. The smallest absolute Gasteiger partial charge is 0.265 e. The Balaban J connectivity index is 2.67. The molecule has 0 radical (unpaired) electrons. The Morgan fingerprint density at radius 2 is 2.09 bits per heavy atom. The van der Waals surface area contributed by atoms with Gasteiger partial charge >= 0.3 is 0 Å². The third kappa shape index (κ3) is 0.935. The van der Waals surface area contributed by atoms with Gasteiger partial charge in [0, 0.05) is 5.02 Å². The summed E-state index contributed by atoms with van der Waals surface area (Å²) in [7, 11) is 0. The number of hydrogen-bond donors (Lipinski definition) is 0. The quantitative estimate of drug-likeness (QED) is 0.584. The van der Waals surface area contributed by atoms with Gasteiger partial charge in [0.1, 0.15) is 0 Å². The fourth-order valence-corrected chi connectivity index (χ4v) is 1.09. The Labute approximate surface area is 67.7 Å². The van der Waals surface area contributed by atoms with E-state index in [9.17, 15) is 4.79 Å². The first-order valence-corrected chi connectivity index (χ1v) is 3.41. The molecule has 1 aromatic carbocycles. The predicted octanol–water partition coefficient (Wildman–Crippen LogP) is 2.58. The second-order valence-corrected chi connectivity index (χ2v) is 2.60. The van der Waals surface area contributed by atoms with Gasteiger partial charge in [0.2, 0.25) is 0 Å². The van der Waals surface area contributed by atoms with Gasteiger partial charge in [0.05, 0.1) is 11.3 Å². The molecule has 0 saturated heterocycles. The Kier molecular flexibility index (Phi) is 1.26. The molecular weight excluding hydrogens is 164 g/mol. The molecule has 0 spiro atoms. The zero-order chi connectivity index (χ0) is 7.84. The van der Waals surface area contributed by atoms with Crippen LogP contribution in [0.15, 0.2) is 28.4 Å². The molecule has 0 aliphatic carbocycles. The number of amides is 1. The summed E-state index contributed by atoms with van der Waals surface area (Å²) in [5.41, 5.74) is 1.08. The van der Waals surface area contributed by atoms with Gasteiger partial charge < -0.3 is 0 Å². The van der Waals surface area contributed by atoms with E-state index in [4.69, 9.17) is 11.6 Å². The Morgan fingerprint density at radius 3 is 2.91 bits per heavy atom. The number of halogens is 1. The van der Waals surface area contributed by atoms with Crippen LogP contribution in [0.1, 0.15) is 10.4 Å². The molecule has 54 valence electrons. The topological polar surface area (TPSA) is 41.8 Å². The predicted molar refractivity (Wildman–Crippen MR) is 40.3 cm³/mol. The van der Waals surface area contributed by atoms with Gasteiger partial charge in [-0.3, -0.25) is 4.79 Å². The fraction of sp³-hybridized carbons (Fsp3) is 0. The van der Waals surface area contributed by atoms with Crippen LogP contribution in [0.2, 0.25) is 5.02 Å². The second kappa shape index (κ2) is 2.13. The molecule has 0 atom stereocenters. The number of nitrogens with zero attached hydrogens (tertiary/aromatic N) is 2. The molecule has 0 saturated carbocycles. The van der Waals surface area contributed by atoms with Gasteiger partial charge in [-0.05, 0) is 18.2 Å². The first-order valence-electron chi connectivity index (χ1n) is 3.03. The molecule has 11 heavy (non-hydrogen) atoms. The summed E-state index contributed by atoms with van der Waals surface area (Å²) in [6.07, 6.45) is 0. The molecule has 2 rings (SSSR count). The van der Waals surface area contributed by atoms with Crippen LogP contribution in [-0.2, 0) is 0 Å². The van der Waals surface area contributed by atoms with Crippen LogP contribution >= 0.6 is 11.6 Å². The summed E-state index contributed by atoms with van der Waals surface area (Å²) < 4.78 is 0. The molecule has 0 unspecified atom stereocenters. The van der Waals surface area contributed by atoms with Gasteiger partial charge in [0.25, 0.3) is 5.91 Å². The van der Waals surface area contributed by atoms with E-state index in [1.165, 1.54) is 0 Å². The van der Waals surface area contributed by atoms with Crippen LogP contribution in [0.3, 0.4) is 0 Å². The van der Waals surface area contributed by atoms with Crippen LogP contribution in [-0.4, -0.2) is 5.91 Å². The van der Waals surface area contributed by atoms with E-state index < -0.39 is 0 Å². The zero-order valence-corrected chi connectivity index (χ0v) is 6.17. The van der Waals surface area contributed by atoms with Crippen molar-refractivity contribution in [1.82, 2.24) is 0 Å². The van der Waals surface area contributed by atoms with E-state index in [0.29, 0.717) is 16.3 Å². The molecule has 0 bridgehead atoms. The van der Waals surface area contributed by atoms with Crippen molar-refractivity contribution in [1.29, 1.82) is 0 Å². The highest BCUT2D eigenvalue weighted by atomic mass is 35.5. The molecule has 0 N–H and O–H groups in total. The molecule has 0 aromatic heterocycles. The lowest BCUT2D eigenvalue weighted by Gasteiger charge is -1.92. The molecule has 1 heterocycles. The molecular formula is C7H3ClN2O. The largest absolute Gasteiger partial charge is 0.297 e. The zero-order valence-electron chi connectivity index (χ0n) is 5.41. The van der Waals surface area contributed by atoms with Crippen LogP contribution in [0.5, 0.6) is 0 Å². The Morgan fingerprint density at radius 1 is 1.27 bits per heavy atom. The van der Waals surface area contributed by atoms with Crippen LogP contribution in [0.25, 0.3) is 0 Å². The summed E-state index contributed by atoms with van der Waals surface area (Å²) in [5.74, 6) is -0.317. The van der Waals surface area contributed by atoms with E-state index in [1.54, 1.807) is 18.2 Å². The maximum Gasteiger partial charge on any atom is 0.297 e. The van der Waals surface area contributed by atoms with Crippen LogP contribution in [0, 0.1) is 0 Å². The standard InChI is InChI=1S/C7H3ClN2O/c8-4-1-2-6-5(3-4)7(11)10-9-6/h1-3H. The first-order chi connectivity index (χ1) is 5.27. The number of rotatable bonds is 0. The van der Waals surface area contributed by atoms with Crippen molar-refractivity contribution < 1.29 is 4.79 Å². The van der Waals surface area contributed by atoms with Crippen LogP contribution < -0.4 is 0 Å². The average Bonchev–Trinajstić information content (AvgIpc) is 2.33. The molecule has 4 heteroatoms. The van der Waals surface area contributed by atoms with Crippen LogP contribution in [0.4, 0.5) is 5.69 Å². The van der Waals surface area contributed by atoms with E-state index in [-0.39, 0.29) is 5.91 Å². The number of carbonyl (C=O) groups is 1. The molecule has 0 fully saturated rings. The number of fused-ring (bicyclic) bond motifs is 1. The van der Waals surface area contributed by atoms with Crippen molar-refractivity contribution in [2.45, 2.75) is 0 Å². The van der Waals surface area contributed by atoms with Crippen molar-refractivity contribution in [3.63, 3.8) is 0 Å². The summed E-state index contributed by atoms with van der Waals surface area (Å²) >= 11 is 5.65. The minimum Gasteiger partial charge on any atom is -0.265 e. The first kappa shape index (κ1) is 6.49. The summed E-state index contributed by atoms with van der Waals surface area (Å²) in [4.78, 5) is 10.9. The molecule has 1 aromatic rings. The van der Waals surface area contributed by atoms with Crippen molar-refractivity contribution in [2.75, 3.05) is 0 Å². The van der Waals surface area contributed by atoms with E-state index in [0.717, 1.165) is 0 Å². The number of hydrogen-bond acceptors (Lipinski definition) is 2. The van der Waals surface area contributed by atoms with E-state index >= 15 is 0 Å². The van der Waals surface area contributed by atoms with Gasteiger partial charge in [-0.25, -0.2) is 0 Å². The van der Waals surface area contributed by atoms with Gasteiger partial charge in [0.15, 0.2) is 0 Å². The molecule has 1 aliphatic rings. The highest BCUT2D eigenvalue weighted by Crippen LogP contribution is 2.28. The molecule has 3 nitrogen and oxygen atoms in total. The minimum absolute atomic E-state index is 0.317. The lowest BCUT2D eigenvalue weighted by molar-refractivity contribution is 0.100. The maximum atomic E-state index is 10.9. The number of benzene rings is 1. The lowest BCUT2D eigenvalue weighted by atomic mass is 10.2. The fourth-order valence-electron chi connectivity index (χ4n) is 0.920. The molecule has 1 aliphatic heterocycles. The highest BCUT2D eigenvalue weighted by molar-refractivity contribution is 6.31. The third-order valence-corrected chi connectivity index (χ3v) is 1.67. The van der Waals surface area contributed by atoms with E-state index in [1.807, 2.05) is 0 Å². The highest BCUT2D eigenvalue weighted by Gasteiger charge is 2.16. The molecule has 1 amide bonds.